The summed E-state index contributed by atoms with van der Waals surface area (Å²) in [5, 5.41) is 4.69. The number of carbonyl (C=O) groups excluding carboxylic acids is 1. The van der Waals surface area contributed by atoms with Gasteiger partial charge in [0.25, 0.3) is 0 Å². The van der Waals surface area contributed by atoms with Gasteiger partial charge < -0.3 is 4.74 Å². The van der Waals surface area contributed by atoms with Crippen molar-refractivity contribution in [2.75, 3.05) is 19.7 Å². The van der Waals surface area contributed by atoms with Crippen molar-refractivity contribution in [1.82, 2.24) is 19.1 Å². The smallest absolute Gasteiger partial charge is 0.309 e. The van der Waals surface area contributed by atoms with E-state index in [4.69, 9.17) is 17.0 Å². The van der Waals surface area contributed by atoms with E-state index in [0.29, 0.717) is 13.3 Å². The lowest BCUT2D eigenvalue weighted by Gasteiger charge is -2.30. The Morgan fingerprint density at radius 1 is 1.36 bits per heavy atom. The summed E-state index contributed by atoms with van der Waals surface area (Å²) in [6.45, 7) is 4.68. The van der Waals surface area contributed by atoms with E-state index in [1.807, 2.05) is 28.1 Å². The first-order valence-electron chi connectivity index (χ1n) is 8.53. The first-order valence-corrected chi connectivity index (χ1v) is 9.76. The fourth-order valence-corrected chi connectivity index (χ4v) is 4.70. The van der Waals surface area contributed by atoms with Crippen LogP contribution in [0.2, 0.25) is 0 Å². The van der Waals surface area contributed by atoms with Gasteiger partial charge in [0.15, 0.2) is 0 Å². The topological polar surface area (TPSA) is 51.8 Å². The van der Waals surface area contributed by atoms with Gasteiger partial charge in [-0.15, -0.1) is 5.10 Å². The molecule has 0 spiro atoms. The summed E-state index contributed by atoms with van der Waals surface area (Å²) in [4.78, 5) is 15.1. The number of thiazole rings is 1. The summed E-state index contributed by atoms with van der Waals surface area (Å²) in [5.41, 5.74) is 1.11. The normalized spacial score (nSPS) is 16.7. The largest absolute Gasteiger partial charge is 0.466 e. The Hall–Kier alpha value is -1.77. The first kappa shape index (κ1) is 16.7. The van der Waals surface area contributed by atoms with Gasteiger partial charge in [0.1, 0.15) is 0 Å². The van der Waals surface area contributed by atoms with Gasteiger partial charge in [-0.05, 0) is 44.1 Å². The highest BCUT2D eigenvalue weighted by atomic mass is 32.1. The third kappa shape index (κ3) is 3.09. The van der Waals surface area contributed by atoms with Crippen molar-refractivity contribution < 1.29 is 9.53 Å². The molecule has 1 aromatic carbocycles. The van der Waals surface area contributed by atoms with Crippen LogP contribution in [0.4, 0.5) is 0 Å². The van der Waals surface area contributed by atoms with Crippen LogP contribution in [0.25, 0.3) is 15.2 Å². The molecule has 3 aromatic rings. The number of benzene rings is 1. The lowest BCUT2D eigenvalue weighted by atomic mass is 9.97. The molecule has 4 rings (SSSR count). The van der Waals surface area contributed by atoms with Crippen LogP contribution in [0.5, 0.6) is 0 Å². The van der Waals surface area contributed by atoms with Crippen LogP contribution >= 0.6 is 23.6 Å². The van der Waals surface area contributed by atoms with E-state index in [1.165, 1.54) is 4.70 Å². The van der Waals surface area contributed by atoms with Crippen molar-refractivity contribution in [1.29, 1.82) is 0 Å². The van der Waals surface area contributed by atoms with Gasteiger partial charge in [-0.3, -0.25) is 14.1 Å². The summed E-state index contributed by atoms with van der Waals surface area (Å²) >= 11 is 7.30. The Bertz CT molecular complexity index is 966. The summed E-state index contributed by atoms with van der Waals surface area (Å²) < 4.78 is 11.0. The van der Waals surface area contributed by atoms with Crippen molar-refractivity contribution >= 4 is 44.7 Å². The maximum absolute atomic E-state index is 11.8. The second-order valence-corrected chi connectivity index (χ2v) is 7.63. The monoisotopic (exact) mass is 376 g/mol. The average Bonchev–Trinajstić information content (AvgIpc) is 3.12. The van der Waals surface area contributed by atoms with E-state index in [0.717, 1.165) is 41.2 Å². The van der Waals surface area contributed by atoms with E-state index >= 15 is 0 Å². The van der Waals surface area contributed by atoms with Gasteiger partial charge in [0.05, 0.1) is 29.4 Å². The van der Waals surface area contributed by atoms with Crippen molar-refractivity contribution in [3.05, 3.63) is 29.0 Å². The fourth-order valence-electron chi connectivity index (χ4n) is 3.34. The molecule has 6 nitrogen and oxygen atoms in total. The second kappa shape index (κ2) is 6.86. The molecule has 132 valence electrons. The Balaban J connectivity index is 1.50. The number of rotatable bonds is 4. The van der Waals surface area contributed by atoms with Crippen molar-refractivity contribution in [2.24, 2.45) is 5.92 Å². The molecule has 0 atom stereocenters. The Morgan fingerprint density at radius 2 is 2.12 bits per heavy atom. The molecular formula is C17H20N4O2S2. The molecule has 0 bridgehead atoms. The molecule has 2 aromatic heterocycles. The standard InChI is InChI=1S/C17H20N4O2S2/c1-2-23-15(22)12-7-9-19(10-8-12)11-20-17(24)21-13-5-3-4-6-14(13)25-16(21)18-20/h3-6,12H,2,7-11H2,1H3. The van der Waals surface area contributed by atoms with Crippen molar-refractivity contribution in [2.45, 2.75) is 26.4 Å². The molecular weight excluding hydrogens is 356 g/mol. The van der Waals surface area contributed by atoms with E-state index in [9.17, 15) is 4.79 Å². The van der Waals surface area contributed by atoms with Gasteiger partial charge in [0, 0.05) is 13.1 Å². The number of likely N-dealkylation sites (tertiary alicyclic amines) is 1. The van der Waals surface area contributed by atoms with Crippen LogP contribution in [-0.4, -0.2) is 44.7 Å². The lowest BCUT2D eigenvalue weighted by molar-refractivity contribution is -0.149. The third-order valence-electron chi connectivity index (χ3n) is 4.66. The van der Waals surface area contributed by atoms with Crippen LogP contribution in [0.1, 0.15) is 19.8 Å². The summed E-state index contributed by atoms with van der Waals surface area (Å²) in [6.07, 6.45) is 1.66. The Kier molecular flexibility index (Phi) is 4.58. The molecule has 0 unspecified atom stereocenters. The Labute approximate surface area is 154 Å². The number of aromatic nitrogens is 3. The van der Waals surface area contributed by atoms with Crippen LogP contribution < -0.4 is 0 Å². The number of carbonyl (C=O) groups is 1. The van der Waals surface area contributed by atoms with Gasteiger partial charge in [-0.1, -0.05) is 23.5 Å². The molecule has 0 radical (unpaired) electrons. The minimum atomic E-state index is -0.0623. The molecule has 1 aliphatic heterocycles. The molecule has 3 heterocycles. The fraction of sp³-hybridized carbons (Fsp3) is 0.471. The average molecular weight is 377 g/mol. The SMILES string of the molecule is CCOC(=O)C1CCN(Cn2nc3sc4ccccc4n3c2=S)CC1. The predicted octanol–water partition coefficient (Wildman–Crippen LogP) is 3.31. The van der Waals surface area contributed by atoms with E-state index in [1.54, 1.807) is 11.3 Å². The number of para-hydroxylation sites is 1. The van der Waals surface area contributed by atoms with Crippen LogP contribution in [0.3, 0.4) is 0 Å². The highest BCUT2D eigenvalue weighted by Crippen LogP contribution is 2.26. The van der Waals surface area contributed by atoms with E-state index < -0.39 is 0 Å². The second-order valence-electron chi connectivity index (χ2n) is 6.26. The number of hydrogen-bond donors (Lipinski definition) is 0. The van der Waals surface area contributed by atoms with Crippen molar-refractivity contribution in [3.63, 3.8) is 0 Å². The molecule has 0 aliphatic carbocycles. The van der Waals surface area contributed by atoms with Crippen LogP contribution in [0.15, 0.2) is 24.3 Å². The Morgan fingerprint density at radius 3 is 2.88 bits per heavy atom. The number of hydrogen-bond acceptors (Lipinski definition) is 6. The number of ether oxygens (including phenoxy) is 1. The molecule has 0 N–H and O–H groups in total. The minimum Gasteiger partial charge on any atom is -0.466 e. The third-order valence-corrected chi connectivity index (χ3v) is 6.06. The zero-order valence-electron chi connectivity index (χ0n) is 14.1. The quantitative estimate of drug-likeness (QED) is 0.516. The van der Waals surface area contributed by atoms with Gasteiger partial charge in [0.2, 0.25) is 9.73 Å². The molecule has 1 aliphatic rings. The zero-order chi connectivity index (χ0) is 17.4. The summed E-state index contributed by atoms with van der Waals surface area (Å²) in [7, 11) is 0. The van der Waals surface area contributed by atoms with Gasteiger partial charge in [-0.25, -0.2) is 4.68 Å². The summed E-state index contributed by atoms with van der Waals surface area (Å²) in [5.74, 6) is -0.0358. The minimum absolute atomic E-state index is 0.0265. The van der Waals surface area contributed by atoms with E-state index in [2.05, 4.69) is 22.1 Å². The van der Waals surface area contributed by atoms with Gasteiger partial charge in [-0.2, -0.15) is 0 Å². The van der Waals surface area contributed by atoms with Crippen LogP contribution in [0, 0.1) is 10.7 Å². The maximum atomic E-state index is 11.8. The predicted molar refractivity (Wildman–Crippen MR) is 100 cm³/mol. The van der Waals surface area contributed by atoms with E-state index in [-0.39, 0.29) is 11.9 Å². The summed E-state index contributed by atoms with van der Waals surface area (Å²) in [6, 6.07) is 8.22. The molecule has 25 heavy (non-hydrogen) atoms. The number of nitrogens with zero attached hydrogens (tertiary/aromatic N) is 4. The molecule has 8 heteroatoms. The molecule has 0 amide bonds. The van der Waals surface area contributed by atoms with Crippen LogP contribution in [-0.2, 0) is 16.2 Å². The highest BCUT2D eigenvalue weighted by Gasteiger charge is 2.26. The van der Waals surface area contributed by atoms with Crippen molar-refractivity contribution in [3.8, 4) is 0 Å². The van der Waals surface area contributed by atoms with Gasteiger partial charge >= 0.3 is 5.97 Å². The lowest BCUT2D eigenvalue weighted by Crippen LogP contribution is -2.38. The highest BCUT2D eigenvalue weighted by molar-refractivity contribution is 7.71. The molecule has 0 saturated carbocycles. The zero-order valence-corrected chi connectivity index (χ0v) is 15.7. The number of esters is 1. The number of piperidine rings is 1. The first-order chi connectivity index (χ1) is 12.2. The number of fused-ring (bicyclic) bond motifs is 3. The molecule has 1 saturated heterocycles. The maximum Gasteiger partial charge on any atom is 0.309 e. The molecule has 1 fully saturated rings.